The van der Waals surface area contributed by atoms with Crippen LogP contribution in [0.2, 0.25) is 0 Å². The number of aromatic nitrogens is 2. The Bertz CT molecular complexity index is 1620. The molecule has 35 heavy (non-hydrogen) atoms. The molecule has 0 radical (unpaired) electrons. The summed E-state index contributed by atoms with van der Waals surface area (Å²) in [5, 5.41) is 4.88. The molecule has 172 valence electrons. The number of fused-ring (bicyclic) bond motifs is 6. The van der Waals surface area contributed by atoms with Crippen LogP contribution in [0.1, 0.15) is 37.8 Å². The van der Waals surface area contributed by atoms with E-state index in [2.05, 4.69) is 121 Å². The number of hydrogen-bond acceptors (Lipinski definition) is 1. The lowest BCUT2D eigenvalue weighted by molar-refractivity contribution is 0.469. The quantitative estimate of drug-likeness (QED) is 0.241. The summed E-state index contributed by atoms with van der Waals surface area (Å²) in [5.74, 6) is 1.75. The second kappa shape index (κ2) is 8.84. The molecule has 0 unspecified atom stereocenters. The summed E-state index contributed by atoms with van der Waals surface area (Å²) < 4.78 is 6.79. The van der Waals surface area contributed by atoms with Gasteiger partial charge in [0.15, 0.2) is 0 Å². The lowest BCUT2D eigenvalue weighted by Gasteiger charge is -2.16. The molecule has 0 bridgehead atoms. The van der Waals surface area contributed by atoms with Crippen LogP contribution in [0.3, 0.4) is 0 Å². The molecule has 0 aliphatic carbocycles. The number of rotatable bonds is 6. The normalized spacial score (nSPS) is 12.9. The number of ether oxygens (including phenoxy) is 1. The van der Waals surface area contributed by atoms with Crippen molar-refractivity contribution in [3.8, 4) is 0 Å². The van der Waals surface area contributed by atoms with Crippen LogP contribution >= 0.6 is 0 Å². The molecule has 2 aromatic heterocycles. The molecule has 6 aromatic rings. The van der Waals surface area contributed by atoms with Gasteiger partial charge in [-0.25, -0.2) is 0 Å². The van der Waals surface area contributed by atoms with Crippen LogP contribution in [0, 0.1) is 0 Å². The van der Waals surface area contributed by atoms with Gasteiger partial charge in [-0.05, 0) is 49.3 Å². The first kappa shape index (κ1) is 21.3. The number of allylic oxidation sites excluding steroid dienone is 2. The Morgan fingerprint density at radius 2 is 1.00 bits per heavy atom. The van der Waals surface area contributed by atoms with Gasteiger partial charge in [0.05, 0.1) is 11.0 Å². The van der Waals surface area contributed by atoms with Gasteiger partial charge >= 0.3 is 0 Å². The number of nitrogens with one attached hydrogen (secondary N) is 2. The van der Waals surface area contributed by atoms with Gasteiger partial charge in [-0.3, -0.25) is 0 Å². The first-order chi connectivity index (χ1) is 17.3. The van der Waals surface area contributed by atoms with E-state index >= 15 is 0 Å². The average Bonchev–Trinajstić information content (AvgIpc) is 3.46. The van der Waals surface area contributed by atoms with Crippen LogP contribution in [-0.2, 0) is 4.74 Å². The number of hydrogen-bond donors (Lipinski definition) is 2. The highest BCUT2D eigenvalue weighted by Gasteiger charge is 2.17. The minimum absolute atomic E-state index is 0.873. The van der Waals surface area contributed by atoms with Crippen LogP contribution in [-0.4, -0.2) is 9.97 Å². The summed E-state index contributed by atoms with van der Waals surface area (Å²) in [7, 11) is 0. The van der Waals surface area contributed by atoms with Crippen LogP contribution in [0.25, 0.3) is 55.1 Å². The van der Waals surface area contributed by atoms with Gasteiger partial charge in [0.1, 0.15) is 11.5 Å². The zero-order valence-corrected chi connectivity index (χ0v) is 20.1. The van der Waals surface area contributed by atoms with Crippen LogP contribution in [0.5, 0.6) is 0 Å². The fourth-order valence-electron chi connectivity index (χ4n) is 5.06. The largest absolute Gasteiger partial charge is 0.457 e. The molecular weight excluding hydrogens is 428 g/mol. The number of benzene rings is 4. The molecule has 0 spiro atoms. The van der Waals surface area contributed by atoms with Crippen LogP contribution < -0.4 is 0 Å². The lowest BCUT2D eigenvalue weighted by atomic mass is 10.1. The van der Waals surface area contributed by atoms with Gasteiger partial charge in [-0.2, -0.15) is 0 Å². The summed E-state index contributed by atoms with van der Waals surface area (Å²) in [4.78, 5) is 7.26. The Morgan fingerprint density at radius 1 is 0.571 bits per heavy atom. The Balaban J connectivity index is 1.50. The zero-order valence-electron chi connectivity index (χ0n) is 20.1. The molecule has 0 fully saturated rings. The Morgan fingerprint density at radius 3 is 1.46 bits per heavy atom. The topological polar surface area (TPSA) is 40.8 Å². The highest BCUT2D eigenvalue weighted by molar-refractivity contribution is 6.11. The molecule has 0 amide bonds. The molecule has 2 N–H and O–H groups in total. The minimum atomic E-state index is 0.873. The highest BCUT2D eigenvalue weighted by atomic mass is 16.5. The molecule has 4 aromatic carbocycles. The summed E-state index contributed by atoms with van der Waals surface area (Å²) >= 11 is 0. The molecule has 3 heteroatoms. The molecular formula is C32H28N2O. The van der Waals surface area contributed by atoms with E-state index in [9.17, 15) is 0 Å². The van der Waals surface area contributed by atoms with Crippen molar-refractivity contribution in [1.29, 1.82) is 0 Å². The van der Waals surface area contributed by atoms with Crippen molar-refractivity contribution in [1.82, 2.24) is 9.97 Å². The number of aromatic amines is 2. The fraction of sp³-hybridized carbons (Fsp3) is 0.125. The van der Waals surface area contributed by atoms with Crippen molar-refractivity contribution in [2.75, 3.05) is 0 Å². The van der Waals surface area contributed by atoms with E-state index in [1.165, 1.54) is 21.5 Å². The Kier molecular flexibility index (Phi) is 5.38. The number of H-pyrrole nitrogens is 2. The molecule has 0 saturated heterocycles. The maximum absolute atomic E-state index is 6.79. The van der Waals surface area contributed by atoms with Gasteiger partial charge < -0.3 is 14.7 Å². The summed E-state index contributed by atoms with van der Waals surface area (Å²) in [5.41, 5.74) is 6.63. The fourth-order valence-corrected chi connectivity index (χ4v) is 5.06. The standard InChI is InChI=1S/C32H28N2O/c1-3-11-29(25-17-9-15-23-21-13-5-7-19-27(21)33-31(23)25)35-30(12-4-2)26-18-10-16-24-22-14-6-8-20-28(22)34-32(24)26/h5-20,33-34H,3-4H2,1-2H3/b29-11-,30-12-. The minimum Gasteiger partial charge on any atom is -0.457 e. The van der Waals surface area contributed by atoms with Crippen molar-refractivity contribution < 1.29 is 4.74 Å². The predicted molar refractivity (Wildman–Crippen MR) is 149 cm³/mol. The SMILES string of the molecule is CC/C=C(\O/C(=C\CC)c1cccc2c1[nH]c1ccccc12)c1cccc2c1[nH]c1ccccc12. The van der Waals surface area contributed by atoms with Gasteiger partial charge in [0.25, 0.3) is 0 Å². The third kappa shape index (κ3) is 3.60. The van der Waals surface area contributed by atoms with E-state index in [1.807, 2.05) is 0 Å². The van der Waals surface area contributed by atoms with Gasteiger partial charge in [-0.1, -0.05) is 74.5 Å². The second-order valence-corrected chi connectivity index (χ2v) is 8.85. The van der Waals surface area contributed by atoms with Crippen LogP contribution in [0.15, 0.2) is 97.1 Å². The molecule has 0 atom stereocenters. The first-order valence-corrected chi connectivity index (χ1v) is 12.4. The van der Waals surface area contributed by atoms with E-state index in [-0.39, 0.29) is 0 Å². The lowest BCUT2D eigenvalue weighted by Crippen LogP contribution is -1.96. The van der Waals surface area contributed by atoms with E-state index < -0.39 is 0 Å². The highest BCUT2D eigenvalue weighted by Crippen LogP contribution is 2.36. The molecule has 0 aliphatic heterocycles. The van der Waals surface area contributed by atoms with Crippen molar-refractivity contribution in [2.24, 2.45) is 0 Å². The van der Waals surface area contributed by atoms with E-state index in [4.69, 9.17) is 4.74 Å². The molecule has 2 heterocycles. The molecule has 3 nitrogen and oxygen atoms in total. The summed E-state index contributed by atoms with van der Waals surface area (Å²) in [6.07, 6.45) is 6.11. The zero-order chi connectivity index (χ0) is 23.8. The Hall–Kier alpha value is -4.24. The Labute approximate surface area is 204 Å². The first-order valence-electron chi connectivity index (χ1n) is 12.4. The number of para-hydroxylation sites is 4. The van der Waals surface area contributed by atoms with Gasteiger partial charge in [0, 0.05) is 43.7 Å². The predicted octanol–water partition coefficient (Wildman–Crippen LogP) is 9.17. The van der Waals surface area contributed by atoms with Gasteiger partial charge in [-0.15, -0.1) is 0 Å². The third-order valence-corrected chi connectivity index (χ3v) is 6.61. The van der Waals surface area contributed by atoms with Crippen molar-refractivity contribution in [3.63, 3.8) is 0 Å². The van der Waals surface area contributed by atoms with Crippen molar-refractivity contribution in [2.45, 2.75) is 26.7 Å². The smallest absolute Gasteiger partial charge is 0.132 e. The van der Waals surface area contributed by atoms with Crippen molar-refractivity contribution >= 4 is 55.1 Å². The summed E-state index contributed by atoms with van der Waals surface area (Å²) in [6.45, 7) is 4.30. The molecule has 6 rings (SSSR count). The van der Waals surface area contributed by atoms with E-state index in [0.29, 0.717) is 0 Å². The van der Waals surface area contributed by atoms with Crippen LogP contribution in [0.4, 0.5) is 0 Å². The maximum atomic E-state index is 6.79. The monoisotopic (exact) mass is 456 g/mol. The van der Waals surface area contributed by atoms with E-state index in [0.717, 1.165) is 57.6 Å². The second-order valence-electron chi connectivity index (χ2n) is 8.85. The molecule has 0 saturated carbocycles. The maximum Gasteiger partial charge on any atom is 0.132 e. The average molecular weight is 457 g/mol. The van der Waals surface area contributed by atoms with E-state index in [1.54, 1.807) is 0 Å². The molecule has 0 aliphatic rings. The van der Waals surface area contributed by atoms with Gasteiger partial charge in [0.2, 0.25) is 0 Å². The third-order valence-electron chi connectivity index (χ3n) is 6.61. The van der Waals surface area contributed by atoms with Crippen molar-refractivity contribution in [3.05, 3.63) is 108 Å². The summed E-state index contributed by atoms with van der Waals surface area (Å²) in [6, 6.07) is 29.8.